The van der Waals surface area contributed by atoms with E-state index in [2.05, 4.69) is 20.5 Å². The van der Waals surface area contributed by atoms with Gasteiger partial charge >= 0.3 is 23.9 Å². The molecule has 0 fully saturated rings. The van der Waals surface area contributed by atoms with Crippen LogP contribution in [-0.4, -0.2) is 59.9 Å². The number of benzene rings is 6. The molecule has 0 spiro atoms. The normalized spacial score (nSPS) is 11.3. The van der Waals surface area contributed by atoms with E-state index in [1.807, 2.05) is 24.3 Å². The van der Waals surface area contributed by atoms with Crippen molar-refractivity contribution in [3.63, 3.8) is 0 Å². The monoisotopic (exact) mass is 928 g/mol. The Kier molecular flexibility index (Phi) is 17.4. The Morgan fingerprint density at radius 3 is 1.25 bits per heavy atom. The van der Waals surface area contributed by atoms with Crippen LogP contribution in [0.2, 0.25) is 0 Å². The van der Waals surface area contributed by atoms with Crippen molar-refractivity contribution < 1.29 is 57.9 Å². The van der Waals surface area contributed by atoms with Gasteiger partial charge < -0.3 is 29.2 Å². The molecule has 16 heteroatoms. The lowest BCUT2D eigenvalue weighted by molar-refractivity contribution is -0.135. The zero-order chi connectivity index (χ0) is 49.1. The maximum Gasteiger partial charge on any atom is 0.335 e. The van der Waals surface area contributed by atoms with E-state index >= 15 is 0 Å². The van der Waals surface area contributed by atoms with Crippen LogP contribution in [0.3, 0.4) is 0 Å². The quantitative estimate of drug-likeness (QED) is 0.0213. The van der Waals surface area contributed by atoms with Gasteiger partial charge in [0.15, 0.2) is 34.6 Å². The third-order valence-corrected chi connectivity index (χ3v) is 10.0. The summed E-state index contributed by atoms with van der Waals surface area (Å²) in [5.74, 6) is -3.17. The van der Waals surface area contributed by atoms with Crippen LogP contribution in [-0.2, 0) is 32.0 Å². The van der Waals surface area contributed by atoms with Gasteiger partial charge in [-0.1, -0.05) is 60.7 Å². The number of carboxylic acid groups (broad SMARTS) is 2. The number of nitrogens with zero attached hydrogens (tertiary/aromatic N) is 4. The molecule has 0 aliphatic carbocycles. The number of hydrogen-bond donors (Lipinski definition) is 2. The number of methoxy groups -OCH3 is 2. The molecule has 6 aromatic rings. The second-order valence-electron chi connectivity index (χ2n) is 14.9. The average Bonchev–Trinajstić information content (AvgIpc) is 3.36. The third-order valence-electron chi connectivity index (χ3n) is 10.0. The highest BCUT2D eigenvalue weighted by atomic mass is 16.6. The van der Waals surface area contributed by atoms with E-state index in [1.54, 1.807) is 72.8 Å². The number of azo groups is 2. The van der Waals surface area contributed by atoms with Crippen molar-refractivity contribution in [2.24, 2.45) is 20.5 Å². The van der Waals surface area contributed by atoms with Crippen LogP contribution in [0.25, 0.3) is 12.2 Å². The smallest absolute Gasteiger partial charge is 0.335 e. The predicted molar refractivity (Wildman–Crippen MR) is 255 cm³/mol. The molecule has 0 amide bonds. The third kappa shape index (κ3) is 14.9. The van der Waals surface area contributed by atoms with Gasteiger partial charge in [0.25, 0.3) is 0 Å². The topological polar surface area (TPSA) is 229 Å². The van der Waals surface area contributed by atoms with Crippen LogP contribution in [0.5, 0.6) is 23.0 Å². The van der Waals surface area contributed by atoms with Gasteiger partial charge in [-0.15, -0.1) is 0 Å². The number of rotatable bonds is 22. The van der Waals surface area contributed by atoms with Crippen molar-refractivity contribution in [3.05, 3.63) is 179 Å². The van der Waals surface area contributed by atoms with Gasteiger partial charge in [-0.05, 0) is 132 Å². The summed E-state index contributed by atoms with van der Waals surface area (Å²) in [6.45, 7) is 0. The number of aryl methyl sites for hydroxylation is 2. The summed E-state index contributed by atoms with van der Waals surface area (Å²) in [6.07, 6.45) is 5.80. The zero-order valence-corrected chi connectivity index (χ0v) is 37.3. The van der Waals surface area contributed by atoms with E-state index in [9.17, 15) is 28.8 Å². The van der Waals surface area contributed by atoms with Gasteiger partial charge in [0.2, 0.25) is 0 Å². The molecule has 0 aromatic heterocycles. The molecule has 16 nitrogen and oxygen atoms in total. The van der Waals surface area contributed by atoms with Crippen LogP contribution in [0.1, 0.15) is 62.2 Å². The first-order chi connectivity index (χ1) is 33.4. The highest BCUT2D eigenvalue weighted by Gasteiger charge is 2.15. The van der Waals surface area contributed by atoms with Crippen molar-refractivity contribution >= 4 is 70.3 Å². The van der Waals surface area contributed by atoms with Crippen molar-refractivity contribution in [1.82, 2.24) is 0 Å². The summed E-state index contributed by atoms with van der Waals surface area (Å²) in [5, 5.41) is 35.1. The van der Waals surface area contributed by atoms with Crippen molar-refractivity contribution in [3.8, 4) is 23.0 Å². The van der Waals surface area contributed by atoms with Crippen LogP contribution >= 0.6 is 0 Å². The second kappa shape index (κ2) is 24.4. The van der Waals surface area contributed by atoms with Gasteiger partial charge in [0.05, 0.1) is 67.4 Å². The second-order valence-corrected chi connectivity index (χ2v) is 14.9. The summed E-state index contributed by atoms with van der Waals surface area (Å²) in [5.41, 5.74) is 4.92. The number of aromatic carboxylic acids is 2. The number of carboxylic acids is 2. The summed E-state index contributed by atoms with van der Waals surface area (Å²) >= 11 is 0. The lowest BCUT2D eigenvalue weighted by Gasteiger charge is -2.10. The molecule has 348 valence electrons. The first-order valence-corrected chi connectivity index (χ1v) is 21.2. The molecule has 0 saturated heterocycles. The number of ketones is 2. The van der Waals surface area contributed by atoms with Gasteiger partial charge in [-0.3, -0.25) is 19.2 Å². The summed E-state index contributed by atoms with van der Waals surface area (Å²) < 4.78 is 22.1. The number of hydrogen-bond acceptors (Lipinski definition) is 14. The van der Waals surface area contributed by atoms with E-state index in [-0.39, 0.29) is 47.0 Å². The highest BCUT2D eigenvalue weighted by Crippen LogP contribution is 2.32. The van der Waals surface area contributed by atoms with Crippen LogP contribution < -0.4 is 18.9 Å². The van der Waals surface area contributed by atoms with Crippen molar-refractivity contribution in [2.75, 3.05) is 14.2 Å². The molecular weight excluding hydrogens is 885 g/mol. The van der Waals surface area contributed by atoms with E-state index < -0.39 is 41.9 Å². The molecule has 0 aliphatic heterocycles. The molecule has 69 heavy (non-hydrogen) atoms. The number of esters is 2. The molecule has 0 aliphatic rings. The standard InChI is InChI=1S/C53H44N4O12/c1-66-48-31-34(13-27-46(48)68-50(60)29-19-36-7-3-5-9-44(36)56-54-40-21-15-38(16-22-40)52(62)63)11-25-42(58)33-43(59)26-12-35-14-28-47(49(32-35)67-2)69-51(61)30-20-37-8-4-6-10-45(37)57-55-41-23-17-39(18-24-41)53(64)65/h3-18,21-28,31-32H,19-20,29-30,33H2,1-2H3,(H,62,63)(H,64,65)/b25-11+,26-12+,56-54?,57-55?. The fraction of sp³-hybridized carbons (Fsp3) is 0.132. The first-order valence-electron chi connectivity index (χ1n) is 21.2. The Hall–Kier alpha value is -9.18. The van der Waals surface area contributed by atoms with E-state index in [1.165, 1.54) is 74.9 Å². The predicted octanol–water partition coefficient (Wildman–Crippen LogP) is 11.3. The number of allylic oxidation sites excluding steroid dienone is 2. The maximum atomic E-state index is 12.9. The van der Waals surface area contributed by atoms with Gasteiger partial charge in [0.1, 0.15) is 0 Å². The molecule has 2 N–H and O–H groups in total. The number of carbonyl (C=O) groups is 6. The molecule has 0 unspecified atom stereocenters. The minimum Gasteiger partial charge on any atom is -0.493 e. The molecule has 0 bridgehead atoms. The summed E-state index contributed by atoms with van der Waals surface area (Å²) in [6, 6.07) is 35.8. The Morgan fingerprint density at radius 2 is 0.870 bits per heavy atom. The Labute approximate surface area is 395 Å². The molecule has 0 saturated carbocycles. The van der Waals surface area contributed by atoms with Crippen molar-refractivity contribution in [2.45, 2.75) is 32.1 Å². The Morgan fingerprint density at radius 1 is 0.478 bits per heavy atom. The molecule has 0 heterocycles. The molecule has 0 atom stereocenters. The van der Waals surface area contributed by atoms with Gasteiger partial charge in [0, 0.05) is 0 Å². The van der Waals surface area contributed by atoms with E-state index in [0.717, 1.165) is 11.1 Å². The minimum absolute atomic E-state index is 0.0164. The summed E-state index contributed by atoms with van der Waals surface area (Å²) in [7, 11) is 2.83. The van der Waals surface area contributed by atoms with Crippen LogP contribution in [0.4, 0.5) is 22.7 Å². The molecule has 6 aromatic carbocycles. The van der Waals surface area contributed by atoms with E-state index in [4.69, 9.17) is 29.2 Å². The fourth-order valence-electron chi connectivity index (χ4n) is 6.44. The lowest BCUT2D eigenvalue weighted by atomic mass is 10.1. The van der Waals surface area contributed by atoms with Crippen LogP contribution in [0, 0.1) is 0 Å². The largest absolute Gasteiger partial charge is 0.493 e. The van der Waals surface area contributed by atoms with E-state index in [0.29, 0.717) is 46.7 Å². The minimum atomic E-state index is -1.04. The van der Waals surface area contributed by atoms with Crippen molar-refractivity contribution in [1.29, 1.82) is 0 Å². The SMILES string of the molecule is COc1cc(/C=C/C(=O)CC(=O)/C=C/c2ccc(OC(=O)CCc3ccccc3N=Nc3ccc(C(=O)O)cc3)c(OC)c2)ccc1OC(=O)CCc1ccccc1N=Nc1ccc(C(=O)O)cc1. The summed E-state index contributed by atoms with van der Waals surface area (Å²) in [4.78, 5) is 73.5. The zero-order valence-electron chi connectivity index (χ0n) is 37.3. The number of ether oxygens (including phenoxy) is 4. The lowest BCUT2D eigenvalue weighted by Crippen LogP contribution is -2.10. The maximum absolute atomic E-state index is 12.9. The molecular formula is C53H44N4O12. The average molecular weight is 929 g/mol. The Balaban J connectivity index is 0.960. The first kappa shape index (κ1) is 49.3. The molecule has 6 rings (SSSR count). The van der Waals surface area contributed by atoms with Gasteiger partial charge in [-0.2, -0.15) is 20.5 Å². The molecule has 0 radical (unpaired) electrons. The fourth-order valence-corrected chi connectivity index (χ4v) is 6.44. The Bertz CT molecular complexity index is 2780. The number of carbonyl (C=O) groups excluding carboxylic acids is 4. The van der Waals surface area contributed by atoms with Crippen LogP contribution in [0.15, 0.2) is 166 Å². The van der Waals surface area contributed by atoms with Gasteiger partial charge in [-0.25, -0.2) is 9.59 Å². The highest BCUT2D eigenvalue weighted by molar-refractivity contribution is 6.11.